The topological polar surface area (TPSA) is 105 Å². The summed E-state index contributed by atoms with van der Waals surface area (Å²) >= 11 is 7.42. The molecule has 0 N–H and O–H groups in total. The van der Waals surface area contributed by atoms with Crippen molar-refractivity contribution in [3.05, 3.63) is 40.1 Å². The van der Waals surface area contributed by atoms with E-state index in [0.29, 0.717) is 49.1 Å². The summed E-state index contributed by atoms with van der Waals surface area (Å²) in [6.07, 6.45) is -0.803. The van der Waals surface area contributed by atoms with Gasteiger partial charge in [-0.1, -0.05) is 11.6 Å². The number of ether oxygens (including phenoxy) is 2. The van der Waals surface area contributed by atoms with Crippen LogP contribution >= 0.6 is 23.4 Å². The van der Waals surface area contributed by atoms with Crippen LogP contribution in [-0.4, -0.2) is 82.9 Å². The Morgan fingerprint density at radius 3 is 2.75 bits per heavy atom. The van der Waals surface area contributed by atoms with Crippen LogP contribution in [-0.2, 0) is 19.1 Å². The van der Waals surface area contributed by atoms with E-state index in [9.17, 15) is 14.4 Å². The average molecular weight is 476 g/mol. The van der Waals surface area contributed by atoms with Crippen LogP contribution in [0.3, 0.4) is 0 Å². The van der Waals surface area contributed by atoms with Gasteiger partial charge in [0.15, 0.2) is 11.4 Å². The van der Waals surface area contributed by atoms with Gasteiger partial charge in [0.1, 0.15) is 11.0 Å². The van der Waals surface area contributed by atoms with Crippen molar-refractivity contribution in [1.82, 2.24) is 19.8 Å². The van der Waals surface area contributed by atoms with E-state index in [-0.39, 0.29) is 16.7 Å². The Bertz CT molecular complexity index is 1140. The number of carbonyl (C=O) groups is 3. The van der Waals surface area contributed by atoms with Gasteiger partial charge in [0.2, 0.25) is 12.6 Å². The number of anilines is 1. The molecule has 5 rings (SSSR count). The van der Waals surface area contributed by atoms with Gasteiger partial charge in [0.05, 0.1) is 11.5 Å². The maximum atomic E-state index is 13.2. The molecule has 0 aromatic carbocycles. The van der Waals surface area contributed by atoms with Gasteiger partial charge in [0, 0.05) is 37.3 Å². The van der Waals surface area contributed by atoms with Crippen LogP contribution in [0.5, 0.6) is 0 Å². The SMILES string of the molecule is O=CN1CCN(C(=O)OC2C3=C(OCCS3)C(=O)N2c2ccc3ccc(Cl)nc3n2)CC1. The fourth-order valence-corrected chi connectivity index (χ4v) is 4.83. The maximum Gasteiger partial charge on any atom is 0.412 e. The van der Waals surface area contributed by atoms with E-state index in [4.69, 9.17) is 21.1 Å². The third-order valence-electron chi connectivity index (χ3n) is 5.37. The fourth-order valence-electron chi connectivity index (χ4n) is 3.73. The first kappa shape index (κ1) is 20.8. The lowest BCUT2D eigenvalue weighted by atomic mass is 10.3. The van der Waals surface area contributed by atoms with Gasteiger partial charge in [-0.25, -0.2) is 19.7 Å². The Balaban J connectivity index is 1.45. The molecule has 2 aromatic rings. The second-order valence-corrected chi connectivity index (χ2v) is 8.80. The molecular weight excluding hydrogens is 458 g/mol. The summed E-state index contributed by atoms with van der Waals surface area (Å²) in [7, 11) is 0. The molecule has 0 saturated carbocycles. The molecule has 10 nitrogen and oxygen atoms in total. The van der Waals surface area contributed by atoms with E-state index in [0.717, 1.165) is 11.8 Å². The number of halogens is 1. The van der Waals surface area contributed by atoms with Crippen LogP contribution in [0.2, 0.25) is 5.15 Å². The molecule has 0 spiro atoms. The first-order chi connectivity index (χ1) is 15.5. The first-order valence-electron chi connectivity index (χ1n) is 9.96. The maximum absolute atomic E-state index is 13.2. The van der Waals surface area contributed by atoms with Gasteiger partial charge in [0.25, 0.3) is 5.91 Å². The van der Waals surface area contributed by atoms with E-state index in [1.54, 1.807) is 29.2 Å². The van der Waals surface area contributed by atoms with Gasteiger partial charge >= 0.3 is 6.09 Å². The van der Waals surface area contributed by atoms with Crippen LogP contribution in [0, 0.1) is 0 Å². The first-order valence-corrected chi connectivity index (χ1v) is 11.3. The molecule has 0 bridgehead atoms. The number of hydrogen-bond donors (Lipinski definition) is 0. The number of aromatic nitrogens is 2. The Labute approximate surface area is 192 Å². The fraction of sp³-hybridized carbons (Fsp3) is 0.350. The van der Waals surface area contributed by atoms with E-state index < -0.39 is 18.2 Å². The highest BCUT2D eigenvalue weighted by Crippen LogP contribution is 2.40. The van der Waals surface area contributed by atoms with Gasteiger partial charge < -0.3 is 19.3 Å². The molecule has 12 heteroatoms. The average Bonchev–Trinajstić information content (AvgIpc) is 3.10. The van der Waals surface area contributed by atoms with E-state index >= 15 is 0 Å². The number of thioether (sulfide) groups is 1. The van der Waals surface area contributed by atoms with Crippen LogP contribution in [0.15, 0.2) is 34.9 Å². The minimum Gasteiger partial charge on any atom is -0.486 e. The molecule has 0 radical (unpaired) electrons. The molecule has 1 saturated heterocycles. The highest BCUT2D eigenvalue weighted by Gasteiger charge is 2.47. The molecule has 3 aliphatic rings. The Kier molecular flexibility index (Phi) is 5.51. The Morgan fingerprint density at radius 1 is 1.19 bits per heavy atom. The van der Waals surface area contributed by atoms with E-state index in [1.807, 2.05) is 0 Å². The lowest BCUT2D eigenvalue weighted by Crippen LogP contribution is -2.50. The molecule has 3 amide bonds. The molecule has 166 valence electrons. The summed E-state index contributed by atoms with van der Waals surface area (Å²) in [5.41, 5.74) is 0.372. The Morgan fingerprint density at radius 2 is 1.97 bits per heavy atom. The van der Waals surface area contributed by atoms with Crippen molar-refractivity contribution in [3.63, 3.8) is 0 Å². The van der Waals surface area contributed by atoms with Crippen LogP contribution in [0.4, 0.5) is 10.6 Å². The summed E-state index contributed by atoms with van der Waals surface area (Å²) < 4.78 is 11.4. The summed E-state index contributed by atoms with van der Waals surface area (Å²) in [5, 5.41) is 1.04. The van der Waals surface area contributed by atoms with Crippen molar-refractivity contribution in [1.29, 1.82) is 0 Å². The van der Waals surface area contributed by atoms with Crippen molar-refractivity contribution in [3.8, 4) is 0 Å². The molecule has 1 fully saturated rings. The van der Waals surface area contributed by atoms with Gasteiger partial charge in [-0.05, 0) is 24.3 Å². The minimum absolute atomic E-state index is 0.172. The highest BCUT2D eigenvalue weighted by molar-refractivity contribution is 8.03. The lowest BCUT2D eigenvalue weighted by molar-refractivity contribution is -0.120. The number of rotatable bonds is 3. The summed E-state index contributed by atoms with van der Waals surface area (Å²) in [6, 6.07) is 6.89. The van der Waals surface area contributed by atoms with Gasteiger partial charge in [-0.15, -0.1) is 11.8 Å². The van der Waals surface area contributed by atoms with Crippen LogP contribution in [0.25, 0.3) is 11.0 Å². The normalized spacial score (nSPS) is 21.0. The van der Waals surface area contributed by atoms with Crippen molar-refractivity contribution in [2.45, 2.75) is 6.23 Å². The highest BCUT2D eigenvalue weighted by atomic mass is 35.5. The van der Waals surface area contributed by atoms with Crippen molar-refractivity contribution in [2.75, 3.05) is 43.4 Å². The molecule has 5 heterocycles. The zero-order chi connectivity index (χ0) is 22.2. The molecule has 3 aliphatic heterocycles. The van der Waals surface area contributed by atoms with Gasteiger partial charge in [-0.2, -0.15) is 0 Å². The zero-order valence-corrected chi connectivity index (χ0v) is 18.3. The van der Waals surface area contributed by atoms with Crippen molar-refractivity contribution >= 4 is 58.6 Å². The third-order valence-corrected chi connectivity index (χ3v) is 6.65. The van der Waals surface area contributed by atoms with E-state index in [1.165, 1.54) is 21.6 Å². The summed E-state index contributed by atoms with van der Waals surface area (Å²) in [6.45, 7) is 1.95. The molecule has 2 aromatic heterocycles. The monoisotopic (exact) mass is 475 g/mol. The summed E-state index contributed by atoms with van der Waals surface area (Å²) in [5.74, 6) is 0.656. The van der Waals surface area contributed by atoms with Crippen molar-refractivity contribution in [2.24, 2.45) is 0 Å². The quantitative estimate of drug-likeness (QED) is 0.489. The standard InChI is InChI=1S/C20H18ClN5O5S/c21-13-3-1-12-2-4-14(23-17(12)22-13)26-18(28)15-16(32-10-9-30-15)19(26)31-20(29)25-7-5-24(11-27)6-8-25/h1-4,11,19H,5-10H2. The van der Waals surface area contributed by atoms with Gasteiger partial charge in [-0.3, -0.25) is 9.59 Å². The van der Waals surface area contributed by atoms with Crippen LogP contribution in [0.1, 0.15) is 0 Å². The number of nitrogens with zero attached hydrogens (tertiary/aromatic N) is 5. The van der Waals surface area contributed by atoms with Crippen molar-refractivity contribution < 1.29 is 23.9 Å². The summed E-state index contributed by atoms with van der Waals surface area (Å²) in [4.78, 5) is 50.7. The molecule has 1 unspecified atom stereocenters. The Hall–Kier alpha value is -3.05. The minimum atomic E-state index is -0.997. The lowest BCUT2D eigenvalue weighted by Gasteiger charge is -2.33. The third kappa shape index (κ3) is 3.71. The number of pyridine rings is 2. The number of hydrogen-bond acceptors (Lipinski definition) is 8. The molecule has 0 aliphatic carbocycles. The molecule has 1 atom stereocenters. The molecule has 32 heavy (non-hydrogen) atoms. The molecular formula is C20H18ClN5O5S. The van der Waals surface area contributed by atoms with Crippen LogP contribution < -0.4 is 4.90 Å². The zero-order valence-electron chi connectivity index (χ0n) is 16.8. The number of fused-ring (bicyclic) bond motifs is 1. The number of carbonyl (C=O) groups excluding carboxylic acids is 3. The number of piperazine rings is 1. The largest absolute Gasteiger partial charge is 0.486 e. The second-order valence-electron chi connectivity index (χ2n) is 7.28. The number of amides is 3. The van der Waals surface area contributed by atoms with E-state index in [2.05, 4.69) is 9.97 Å². The predicted octanol–water partition coefficient (Wildman–Crippen LogP) is 1.84. The second kappa shape index (κ2) is 8.47. The predicted molar refractivity (Wildman–Crippen MR) is 117 cm³/mol. The smallest absolute Gasteiger partial charge is 0.412 e.